The quantitative estimate of drug-likeness (QED) is 0.691. The van der Waals surface area contributed by atoms with Crippen LogP contribution in [0.25, 0.3) is 5.65 Å². The van der Waals surface area contributed by atoms with E-state index in [0.717, 1.165) is 11.3 Å². The lowest BCUT2D eigenvalue weighted by Gasteiger charge is -2.05. The van der Waals surface area contributed by atoms with Crippen molar-refractivity contribution in [3.8, 4) is 0 Å². The molecule has 0 aliphatic heterocycles. The molecule has 0 aromatic carbocycles. The standard InChI is InChI=1S/C11H14N2.2C2H6/c1-8(2)10-5-4-6-13-7-9(3)12-11(10)13;2*1-2/h4-8H,1-3H3;2*1-2H3. The predicted molar refractivity (Wildman–Crippen MR) is 76.7 cm³/mol. The number of aromatic nitrogens is 2. The Balaban J connectivity index is 0.000000581. The van der Waals surface area contributed by atoms with Crippen molar-refractivity contribution >= 4 is 5.65 Å². The van der Waals surface area contributed by atoms with Crippen molar-refractivity contribution in [2.45, 2.75) is 54.4 Å². The Kier molecular flexibility index (Phi) is 7.27. The van der Waals surface area contributed by atoms with E-state index in [1.165, 1.54) is 5.56 Å². The molecule has 0 fully saturated rings. The molecule has 2 aromatic heterocycles. The summed E-state index contributed by atoms with van der Waals surface area (Å²) < 4.78 is 2.09. The summed E-state index contributed by atoms with van der Waals surface area (Å²) in [5, 5.41) is 0. The Morgan fingerprint density at radius 1 is 1.12 bits per heavy atom. The van der Waals surface area contributed by atoms with Gasteiger partial charge in [0.15, 0.2) is 0 Å². The van der Waals surface area contributed by atoms with E-state index < -0.39 is 0 Å². The molecule has 0 spiro atoms. The smallest absolute Gasteiger partial charge is 0.140 e. The Bertz CT molecular complexity index is 427. The third kappa shape index (κ3) is 3.88. The van der Waals surface area contributed by atoms with Crippen LogP contribution in [0.5, 0.6) is 0 Å². The second-order valence-corrected chi connectivity index (χ2v) is 3.73. The molecule has 2 rings (SSSR count). The largest absolute Gasteiger partial charge is 0.307 e. The van der Waals surface area contributed by atoms with Gasteiger partial charge in [0.1, 0.15) is 5.65 Å². The Morgan fingerprint density at radius 2 is 1.71 bits per heavy atom. The molecule has 17 heavy (non-hydrogen) atoms. The van der Waals surface area contributed by atoms with Crippen molar-refractivity contribution in [1.29, 1.82) is 0 Å². The topological polar surface area (TPSA) is 17.3 Å². The fourth-order valence-electron chi connectivity index (χ4n) is 1.61. The number of hydrogen-bond acceptors (Lipinski definition) is 1. The molecule has 0 unspecified atom stereocenters. The van der Waals surface area contributed by atoms with Gasteiger partial charge < -0.3 is 4.40 Å². The van der Waals surface area contributed by atoms with E-state index in [4.69, 9.17) is 0 Å². The summed E-state index contributed by atoms with van der Waals surface area (Å²) in [4.78, 5) is 4.50. The first kappa shape index (κ1) is 15.7. The first-order chi connectivity index (χ1) is 8.18. The van der Waals surface area contributed by atoms with Gasteiger partial charge in [0, 0.05) is 12.4 Å². The minimum Gasteiger partial charge on any atom is -0.307 e. The molecule has 0 bridgehead atoms. The summed E-state index contributed by atoms with van der Waals surface area (Å²) in [6.07, 6.45) is 4.10. The van der Waals surface area contributed by atoms with Crippen LogP contribution < -0.4 is 0 Å². The van der Waals surface area contributed by atoms with Gasteiger partial charge in [-0.2, -0.15) is 0 Å². The summed E-state index contributed by atoms with van der Waals surface area (Å²) >= 11 is 0. The van der Waals surface area contributed by atoms with Gasteiger partial charge >= 0.3 is 0 Å². The number of pyridine rings is 1. The Hall–Kier alpha value is -1.31. The van der Waals surface area contributed by atoms with E-state index in [-0.39, 0.29) is 0 Å². The van der Waals surface area contributed by atoms with Crippen LogP contribution in [-0.4, -0.2) is 9.38 Å². The van der Waals surface area contributed by atoms with Gasteiger partial charge in [0.2, 0.25) is 0 Å². The summed E-state index contributed by atoms with van der Waals surface area (Å²) in [5.74, 6) is 0.533. The first-order valence-corrected chi connectivity index (χ1v) is 6.62. The van der Waals surface area contributed by atoms with Crippen molar-refractivity contribution < 1.29 is 0 Å². The van der Waals surface area contributed by atoms with Crippen molar-refractivity contribution in [3.63, 3.8) is 0 Å². The van der Waals surface area contributed by atoms with E-state index in [2.05, 4.69) is 41.6 Å². The fourth-order valence-corrected chi connectivity index (χ4v) is 1.61. The highest BCUT2D eigenvalue weighted by Gasteiger charge is 2.06. The van der Waals surface area contributed by atoms with Gasteiger partial charge in [0.05, 0.1) is 5.69 Å². The SMILES string of the molecule is CC.CC.Cc1cn2cccc(C(C)C)c2n1. The van der Waals surface area contributed by atoms with Crippen LogP contribution in [0.3, 0.4) is 0 Å². The highest BCUT2D eigenvalue weighted by Crippen LogP contribution is 2.19. The summed E-state index contributed by atoms with van der Waals surface area (Å²) in [6.45, 7) is 14.4. The number of hydrogen-bond donors (Lipinski definition) is 0. The van der Waals surface area contributed by atoms with E-state index in [1.807, 2.05) is 40.8 Å². The Labute approximate surface area is 106 Å². The Morgan fingerprint density at radius 3 is 2.24 bits per heavy atom. The highest BCUT2D eigenvalue weighted by atomic mass is 15.0. The number of rotatable bonds is 1. The summed E-state index contributed by atoms with van der Waals surface area (Å²) in [7, 11) is 0. The molecule has 0 N–H and O–H groups in total. The predicted octanol–water partition coefficient (Wildman–Crippen LogP) is 4.82. The van der Waals surface area contributed by atoms with Gasteiger partial charge in [-0.25, -0.2) is 4.98 Å². The average molecular weight is 234 g/mol. The lowest BCUT2D eigenvalue weighted by molar-refractivity contribution is 0.863. The van der Waals surface area contributed by atoms with Crippen molar-refractivity contribution in [2.24, 2.45) is 0 Å². The van der Waals surface area contributed by atoms with E-state index >= 15 is 0 Å². The highest BCUT2D eigenvalue weighted by molar-refractivity contribution is 5.50. The van der Waals surface area contributed by atoms with Crippen molar-refractivity contribution in [3.05, 3.63) is 35.8 Å². The number of fused-ring (bicyclic) bond motifs is 1. The lowest BCUT2D eigenvalue weighted by Crippen LogP contribution is -1.93. The zero-order chi connectivity index (χ0) is 13.4. The lowest BCUT2D eigenvalue weighted by atomic mass is 10.1. The number of nitrogens with zero attached hydrogens (tertiary/aromatic N) is 2. The van der Waals surface area contributed by atoms with Crippen LogP contribution in [0.4, 0.5) is 0 Å². The average Bonchev–Trinajstić information content (AvgIpc) is 2.73. The van der Waals surface area contributed by atoms with Crippen LogP contribution in [-0.2, 0) is 0 Å². The van der Waals surface area contributed by atoms with Gasteiger partial charge in [-0.1, -0.05) is 47.6 Å². The molecule has 0 saturated carbocycles. The molecule has 0 radical (unpaired) electrons. The maximum absolute atomic E-state index is 4.50. The monoisotopic (exact) mass is 234 g/mol. The molecule has 2 heterocycles. The molecule has 0 saturated heterocycles. The first-order valence-electron chi connectivity index (χ1n) is 6.62. The van der Waals surface area contributed by atoms with Crippen LogP contribution in [0.15, 0.2) is 24.5 Å². The number of aryl methyl sites for hydroxylation is 1. The molecule has 2 heteroatoms. The second kappa shape index (κ2) is 7.88. The van der Waals surface area contributed by atoms with Gasteiger partial charge in [-0.15, -0.1) is 0 Å². The fraction of sp³-hybridized carbons (Fsp3) is 0.533. The van der Waals surface area contributed by atoms with E-state index in [1.54, 1.807) is 0 Å². The zero-order valence-electron chi connectivity index (χ0n) is 12.3. The molecule has 0 aliphatic carbocycles. The van der Waals surface area contributed by atoms with E-state index in [9.17, 15) is 0 Å². The molecule has 96 valence electrons. The van der Waals surface area contributed by atoms with Crippen LogP contribution >= 0.6 is 0 Å². The molecule has 0 amide bonds. The minimum atomic E-state index is 0.533. The molecular weight excluding hydrogens is 208 g/mol. The minimum absolute atomic E-state index is 0.533. The summed E-state index contributed by atoms with van der Waals surface area (Å²) in [6, 6.07) is 4.22. The zero-order valence-corrected chi connectivity index (χ0v) is 12.3. The molecule has 0 atom stereocenters. The maximum Gasteiger partial charge on any atom is 0.140 e. The van der Waals surface area contributed by atoms with Crippen molar-refractivity contribution in [1.82, 2.24) is 9.38 Å². The van der Waals surface area contributed by atoms with Crippen molar-refractivity contribution in [2.75, 3.05) is 0 Å². The van der Waals surface area contributed by atoms with Crippen LogP contribution in [0.2, 0.25) is 0 Å². The number of imidazole rings is 1. The van der Waals surface area contributed by atoms with E-state index in [0.29, 0.717) is 5.92 Å². The normalized spacial score (nSPS) is 9.41. The molecular formula is C15H26N2. The summed E-state index contributed by atoms with van der Waals surface area (Å²) in [5.41, 5.74) is 3.48. The van der Waals surface area contributed by atoms with Crippen LogP contribution in [0.1, 0.15) is 58.7 Å². The van der Waals surface area contributed by atoms with Crippen LogP contribution in [0, 0.1) is 6.92 Å². The maximum atomic E-state index is 4.50. The van der Waals surface area contributed by atoms with Gasteiger partial charge in [0.25, 0.3) is 0 Å². The third-order valence-electron chi connectivity index (χ3n) is 2.26. The van der Waals surface area contributed by atoms with Gasteiger partial charge in [-0.05, 0) is 24.5 Å². The third-order valence-corrected chi connectivity index (χ3v) is 2.26. The molecule has 2 aromatic rings. The molecule has 0 aliphatic rings. The second-order valence-electron chi connectivity index (χ2n) is 3.73. The molecule has 2 nitrogen and oxygen atoms in total. The van der Waals surface area contributed by atoms with Gasteiger partial charge in [-0.3, -0.25) is 0 Å².